The summed E-state index contributed by atoms with van der Waals surface area (Å²) in [7, 11) is 0. The molecule has 2 N–H and O–H groups in total. The van der Waals surface area contributed by atoms with Gasteiger partial charge < -0.3 is 15.4 Å². The van der Waals surface area contributed by atoms with Crippen LogP contribution in [-0.2, 0) is 20.9 Å². The highest BCUT2D eigenvalue weighted by molar-refractivity contribution is 6.02. The smallest absolute Gasteiger partial charge is 0.240 e. The Balaban J connectivity index is 1.68. The van der Waals surface area contributed by atoms with E-state index in [0.717, 1.165) is 5.56 Å². The lowest BCUT2D eigenvalue weighted by Crippen LogP contribution is -2.41. The van der Waals surface area contributed by atoms with Gasteiger partial charge >= 0.3 is 0 Å². The van der Waals surface area contributed by atoms with Crippen LogP contribution in [0.3, 0.4) is 0 Å². The first-order chi connectivity index (χ1) is 16.6. The molecule has 0 saturated carbocycles. The summed E-state index contributed by atoms with van der Waals surface area (Å²) in [5, 5.41) is 5.50. The summed E-state index contributed by atoms with van der Waals surface area (Å²) in [6.07, 6.45) is 1.45. The number of para-hydroxylation sites is 2. The number of nitrogens with zero attached hydrogens (tertiary/aromatic N) is 2. The van der Waals surface area contributed by atoms with Crippen molar-refractivity contribution in [3.05, 3.63) is 84.6 Å². The molecule has 2 aromatic carbocycles. The molecule has 8 nitrogen and oxygen atoms in total. The molecule has 0 unspecified atom stereocenters. The van der Waals surface area contributed by atoms with Crippen molar-refractivity contribution < 1.29 is 19.1 Å². The first kappa shape index (κ1) is 24.4. The third-order valence-corrected chi connectivity index (χ3v) is 4.89. The van der Waals surface area contributed by atoms with Gasteiger partial charge in [-0.05, 0) is 36.8 Å². The number of hydrogen-bond donors (Lipinski definition) is 2. The molecular formula is C26H28N4O4. The molecule has 3 aromatic rings. The fourth-order valence-electron chi connectivity index (χ4n) is 3.26. The van der Waals surface area contributed by atoms with E-state index in [1.165, 1.54) is 4.90 Å². The summed E-state index contributed by atoms with van der Waals surface area (Å²) in [6, 6.07) is 21.7. The first-order valence-electron chi connectivity index (χ1n) is 11.1. The van der Waals surface area contributed by atoms with Crippen molar-refractivity contribution in [1.82, 2.24) is 10.3 Å². The zero-order valence-corrected chi connectivity index (χ0v) is 19.1. The summed E-state index contributed by atoms with van der Waals surface area (Å²) >= 11 is 0. The number of carbonyl (C=O) groups is 3. The molecule has 176 valence electrons. The number of nitrogens with one attached hydrogen (secondary N) is 2. The summed E-state index contributed by atoms with van der Waals surface area (Å²) in [6.45, 7) is 2.40. The van der Waals surface area contributed by atoms with Gasteiger partial charge in [-0.2, -0.15) is 0 Å². The number of anilines is 2. The van der Waals surface area contributed by atoms with Crippen LogP contribution in [0.15, 0.2) is 79.0 Å². The van der Waals surface area contributed by atoms with Gasteiger partial charge in [0.15, 0.2) is 0 Å². The van der Waals surface area contributed by atoms with E-state index in [1.807, 2.05) is 37.3 Å². The number of hydrogen-bond acceptors (Lipinski definition) is 5. The molecule has 0 spiro atoms. The normalized spacial score (nSPS) is 10.3. The predicted molar refractivity (Wildman–Crippen MR) is 130 cm³/mol. The number of pyridine rings is 1. The molecule has 0 aliphatic carbocycles. The van der Waals surface area contributed by atoms with Crippen molar-refractivity contribution in [3.63, 3.8) is 0 Å². The van der Waals surface area contributed by atoms with E-state index in [9.17, 15) is 14.4 Å². The monoisotopic (exact) mass is 460 g/mol. The molecule has 0 bridgehead atoms. The molecule has 8 heteroatoms. The van der Waals surface area contributed by atoms with Crippen molar-refractivity contribution >= 4 is 29.2 Å². The second-order valence-corrected chi connectivity index (χ2v) is 7.41. The summed E-state index contributed by atoms with van der Waals surface area (Å²) in [5.74, 6) is -0.107. The van der Waals surface area contributed by atoms with E-state index in [2.05, 4.69) is 15.6 Å². The summed E-state index contributed by atoms with van der Waals surface area (Å²) in [4.78, 5) is 43.6. The number of benzene rings is 2. The minimum Gasteiger partial charge on any atom is -0.492 e. The number of aromatic nitrogens is 1. The zero-order chi connectivity index (χ0) is 24.2. The van der Waals surface area contributed by atoms with Gasteiger partial charge in [-0.1, -0.05) is 48.5 Å². The number of carbonyl (C=O) groups excluding carboxylic acids is 3. The highest BCUT2D eigenvalue weighted by Crippen LogP contribution is 2.28. The molecule has 1 heterocycles. The van der Waals surface area contributed by atoms with Gasteiger partial charge in [0, 0.05) is 25.6 Å². The molecule has 3 rings (SSSR count). The zero-order valence-electron chi connectivity index (χ0n) is 19.1. The Morgan fingerprint density at radius 2 is 1.62 bits per heavy atom. The Morgan fingerprint density at radius 3 is 2.35 bits per heavy atom. The van der Waals surface area contributed by atoms with Crippen LogP contribution in [0, 0.1) is 0 Å². The Bertz CT molecular complexity index is 1090. The van der Waals surface area contributed by atoms with Crippen LogP contribution >= 0.6 is 0 Å². The van der Waals surface area contributed by atoms with Crippen molar-refractivity contribution in [1.29, 1.82) is 0 Å². The van der Waals surface area contributed by atoms with E-state index in [4.69, 9.17) is 4.74 Å². The van der Waals surface area contributed by atoms with Gasteiger partial charge in [0.05, 0.1) is 12.3 Å². The maximum Gasteiger partial charge on any atom is 0.240 e. The number of amides is 3. The summed E-state index contributed by atoms with van der Waals surface area (Å²) in [5.41, 5.74) is 1.43. The molecule has 0 radical (unpaired) electrons. The van der Waals surface area contributed by atoms with Crippen LogP contribution in [0.4, 0.5) is 11.5 Å². The number of rotatable bonds is 11. The van der Waals surface area contributed by atoms with E-state index in [0.29, 0.717) is 30.4 Å². The third-order valence-electron chi connectivity index (χ3n) is 4.89. The van der Waals surface area contributed by atoms with Crippen molar-refractivity contribution in [3.8, 4) is 5.75 Å². The lowest BCUT2D eigenvalue weighted by atomic mass is 10.2. The van der Waals surface area contributed by atoms with Gasteiger partial charge in [0.25, 0.3) is 0 Å². The topological polar surface area (TPSA) is 101 Å². The fourth-order valence-corrected chi connectivity index (χ4v) is 3.26. The number of ether oxygens (including phenoxy) is 1. The third kappa shape index (κ3) is 7.44. The molecule has 0 fully saturated rings. The van der Waals surface area contributed by atoms with E-state index in [1.54, 1.807) is 48.7 Å². The average Bonchev–Trinajstić information content (AvgIpc) is 2.86. The SMILES string of the molecule is CCOc1ccccc1N(CC(=O)NCc1ccccc1)C(=O)CCC(=O)Nc1ccccn1. The Kier molecular flexibility index (Phi) is 9.16. The quantitative estimate of drug-likeness (QED) is 0.456. The highest BCUT2D eigenvalue weighted by atomic mass is 16.5. The van der Waals surface area contributed by atoms with Crippen LogP contribution in [0.25, 0.3) is 0 Å². The Morgan fingerprint density at radius 1 is 0.882 bits per heavy atom. The minimum atomic E-state index is -0.363. The predicted octanol–water partition coefficient (Wildman–Crippen LogP) is 3.55. The lowest BCUT2D eigenvalue weighted by Gasteiger charge is -2.24. The average molecular weight is 461 g/mol. The standard InChI is InChI=1S/C26H28N4O4/c1-2-34-22-13-7-6-12-21(22)30(19-25(32)28-18-20-10-4-3-5-11-20)26(33)16-15-24(31)29-23-14-8-9-17-27-23/h3-14,17H,2,15-16,18-19H2,1H3,(H,28,32)(H,27,29,31). The van der Waals surface area contributed by atoms with Gasteiger partial charge in [-0.3, -0.25) is 19.3 Å². The highest BCUT2D eigenvalue weighted by Gasteiger charge is 2.23. The van der Waals surface area contributed by atoms with Crippen molar-refractivity contribution in [2.24, 2.45) is 0 Å². The Hall–Kier alpha value is -4.20. The molecular weight excluding hydrogens is 432 g/mol. The van der Waals surface area contributed by atoms with E-state index in [-0.39, 0.29) is 37.1 Å². The molecule has 1 aromatic heterocycles. The first-order valence-corrected chi connectivity index (χ1v) is 11.1. The molecule has 0 saturated heterocycles. The van der Waals surface area contributed by atoms with Crippen LogP contribution in [0.5, 0.6) is 5.75 Å². The molecule has 0 aliphatic heterocycles. The fraction of sp³-hybridized carbons (Fsp3) is 0.231. The van der Waals surface area contributed by atoms with Gasteiger partial charge in [-0.15, -0.1) is 0 Å². The van der Waals surface area contributed by atoms with Gasteiger partial charge in [0.2, 0.25) is 17.7 Å². The molecule has 34 heavy (non-hydrogen) atoms. The Labute approximate surface area is 199 Å². The molecule has 0 aliphatic rings. The molecule has 0 atom stereocenters. The van der Waals surface area contributed by atoms with Crippen LogP contribution in [0.1, 0.15) is 25.3 Å². The van der Waals surface area contributed by atoms with Crippen molar-refractivity contribution in [2.75, 3.05) is 23.4 Å². The largest absolute Gasteiger partial charge is 0.492 e. The van der Waals surface area contributed by atoms with Gasteiger partial charge in [-0.25, -0.2) is 4.98 Å². The maximum absolute atomic E-state index is 13.2. The minimum absolute atomic E-state index is 0.0473. The lowest BCUT2D eigenvalue weighted by molar-refractivity contribution is -0.125. The summed E-state index contributed by atoms with van der Waals surface area (Å²) < 4.78 is 5.67. The molecule has 3 amide bonds. The van der Waals surface area contributed by atoms with E-state index < -0.39 is 0 Å². The van der Waals surface area contributed by atoms with Crippen LogP contribution in [0.2, 0.25) is 0 Å². The van der Waals surface area contributed by atoms with E-state index >= 15 is 0 Å². The van der Waals surface area contributed by atoms with Crippen LogP contribution < -0.4 is 20.3 Å². The second-order valence-electron chi connectivity index (χ2n) is 7.41. The van der Waals surface area contributed by atoms with Gasteiger partial charge in [0.1, 0.15) is 18.1 Å². The second kappa shape index (κ2) is 12.7. The maximum atomic E-state index is 13.2. The van der Waals surface area contributed by atoms with Crippen molar-refractivity contribution in [2.45, 2.75) is 26.3 Å². The van der Waals surface area contributed by atoms with Crippen LogP contribution in [-0.4, -0.2) is 35.9 Å².